The molecular weight excluding hydrogens is 208 g/mol. The summed E-state index contributed by atoms with van der Waals surface area (Å²) in [6.07, 6.45) is 7.96. The van der Waals surface area contributed by atoms with Crippen LogP contribution in [0.1, 0.15) is 50.3 Å². The molecule has 2 atom stereocenters. The van der Waals surface area contributed by atoms with E-state index in [4.69, 9.17) is 0 Å². The summed E-state index contributed by atoms with van der Waals surface area (Å²) in [7, 11) is 0. The molecule has 1 aliphatic carbocycles. The summed E-state index contributed by atoms with van der Waals surface area (Å²) >= 11 is 0. The van der Waals surface area contributed by atoms with Gasteiger partial charge in [-0.2, -0.15) is 0 Å². The minimum Gasteiger partial charge on any atom is -0.310 e. The summed E-state index contributed by atoms with van der Waals surface area (Å²) < 4.78 is 0. The maximum atomic E-state index is 4.34. The van der Waals surface area contributed by atoms with Crippen LogP contribution in [0.2, 0.25) is 0 Å². The Morgan fingerprint density at radius 1 is 1.41 bits per heavy atom. The van der Waals surface area contributed by atoms with Crippen molar-refractivity contribution < 1.29 is 0 Å². The molecule has 1 aromatic heterocycles. The summed E-state index contributed by atoms with van der Waals surface area (Å²) in [6, 6.07) is 2.76. The lowest BCUT2D eigenvalue weighted by atomic mass is 9.91. The van der Waals surface area contributed by atoms with E-state index in [-0.39, 0.29) is 0 Å². The third kappa shape index (κ3) is 3.29. The molecule has 0 bridgehead atoms. The number of hydrogen-bond acceptors (Lipinski definition) is 2. The van der Waals surface area contributed by atoms with Crippen LogP contribution in [0.4, 0.5) is 0 Å². The van der Waals surface area contributed by atoms with Crippen LogP contribution >= 0.6 is 0 Å². The van der Waals surface area contributed by atoms with Crippen LogP contribution in [0, 0.1) is 18.8 Å². The highest BCUT2D eigenvalue weighted by Crippen LogP contribution is 2.42. The molecule has 0 aromatic carbocycles. The highest BCUT2D eigenvalue weighted by Gasteiger charge is 2.33. The Kier molecular flexibility index (Phi) is 4.16. The number of rotatable bonds is 6. The number of pyridine rings is 1. The van der Waals surface area contributed by atoms with Crippen molar-refractivity contribution in [1.29, 1.82) is 0 Å². The van der Waals surface area contributed by atoms with E-state index < -0.39 is 0 Å². The molecule has 0 saturated heterocycles. The zero-order valence-corrected chi connectivity index (χ0v) is 11.2. The van der Waals surface area contributed by atoms with E-state index in [9.17, 15) is 0 Å². The van der Waals surface area contributed by atoms with E-state index in [1.807, 2.05) is 12.4 Å². The summed E-state index contributed by atoms with van der Waals surface area (Å²) in [5.41, 5.74) is 2.62. The fourth-order valence-electron chi connectivity index (χ4n) is 2.55. The Bertz CT molecular complexity index is 358. The number of aromatic nitrogens is 1. The monoisotopic (exact) mass is 232 g/mol. The molecule has 1 heterocycles. The Hall–Kier alpha value is -0.890. The summed E-state index contributed by atoms with van der Waals surface area (Å²) in [5, 5.41) is 3.69. The zero-order valence-electron chi connectivity index (χ0n) is 11.2. The SMILES string of the molecule is CCCNC(c1cncc(C)c1)C(C)C1CC1. The van der Waals surface area contributed by atoms with E-state index in [0.29, 0.717) is 6.04 Å². The van der Waals surface area contributed by atoms with Crippen molar-refractivity contribution in [2.75, 3.05) is 6.54 Å². The first-order chi connectivity index (χ1) is 8.22. The molecule has 2 rings (SSSR count). The Morgan fingerprint density at radius 3 is 2.76 bits per heavy atom. The fraction of sp³-hybridized carbons (Fsp3) is 0.667. The molecule has 0 amide bonds. The molecule has 1 saturated carbocycles. The lowest BCUT2D eigenvalue weighted by molar-refractivity contribution is 0.349. The van der Waals surface area contributed by atoms with Gasteiger partial charge in [0, 0.05) is 18.4 Å². The maximum Gasteiger partial charge on any atom is 0.0364 e. The Morgan fingerprint density at radius 2 is 2.18 bits per heavy atom. The molecule has 2 nitrogen and oxygen atoms in total. The number of nitrogens with one attached hydrogen (secondary N) is 1. The summed E-state index contributed by atoms with van der Waals surface area (Å²) in [6.45, 7) is 7.82. The molecule has 1 N–H and O–H groups in total. The molecule has 17 heavy (non-hydrogen) atoms. The standard InChI is InChI=1S/C15H24N2/c1-4-7-17-15(12(3)13-5-6-13)14-8-11(2)9-16-10-14/h8-10,12-13,15,17H,4-7H2,1-3H3. The average Bonchev–Trinajstić information content (AvgIpc) is 3.13. The van der Waals surface area contributed by atoms with Gasteiger partial charge in [-0.3, -0.25) is 4.98 Å². The van der Waals surface area contributed by atoms with Gasteiger partial charge in [-0.15, -0.1) is 0 Å². The minimum atomic E-state index is 0.481. The smallest absolute Gasteiger partial charge is 0.0364 e. The van der Waals surface area contributed by atoms with Gasteiger partial charge in [0.05, 0.1) is 0 Å². The van der Waals surface area contributed by atoms with Crippen molar-refractivity contribution in [2.24, 2.45) is 11.8 Å². The van der Waals surface area contributed by atoms with E-state index in [0.717, 1.165) is 18.4 Å². The first-order valence-corrected chi connectivity index (χ1v) is 6.87. The van der Waals surface area contributed by atoms with Crippen molar-refractivity contribution >= 4 is 0 Å². The molecule has 0 spiro atoms. The largest absolute Gasteiger partial charge is 0.310 e. The molecule has 1 aliphatic rings. The number of hydrogen-bond donors (Lipinski definition) is 1. The number of aryl methyl sites for hydroxylation is 1. The van der Waals surface area contributed by atoms with Crippen LogP contribution in [-0.2, 0) is 0 Å². The van der Waals surface area contributed by atoms with Crippen LogP contribution < -0.4 is 5.32 Å². The molecule has 2 heteroatoms. The minimum absolute atomic E-state index is 0.481. The Balaban J connectivity index is 2.13. The van der Waals surface area contributed by atoms with Crippen molar-refractivity contribution in [3.63, 3.8) is 0 Å². The fourth-order valence-corrected chi connectivity index (χ4v) is 2.55. The highest BCUT2D eigenvalue weighted by atomic mass is 14.9. The van der Waals surface area contributed by atoms with Gasteiger partial charge in [-0.05, 0) is 55.7 Å². The van der Waals surface area contributed by atoms with E-state index in [1.54, 1.807) is 0 Å². The summed E-state index contributed by atoms with van der Waals surface area (Å²) in [5.74, 6) is 1.65. The first-order valence-electron chi connectivity index (χ1n) is 6.87. The maximum absolute atomic E-state index is 4.34. The van der Waals surface area contributed by atoms with Gasteiger partial charge in [0.25, 0.3) is 0 Å². The van der Waals surface area contributed by atoms with E-state index >= 15 is 0 Å². The van der Waals surface area contributed by atoms with Gasteiger partial charge < -0.3 is 5.32 Å². The third-order valence-electron chi connectivity index (χ3n) is 3.76. The van der Waals surface area contributed by atoms with Gasteiger partial charge in [-0.1, -0.05) is 19.9 Å². The Labute approximate surface area is 105 Å². The number of nitrogens with zero attached hydrogens (tertiary/aromatic N) is 1. The van der Waals surface area contributed by atoms with Crippen molar-refractivity contribution in [3.05, 3.63) is 29.6 Å². The molecular formula is C15H24N2. The van der Waals surface area contributed by atoms with Gasteiger partial charge >= 0.3 is 0 Å². The second kappa shape index (κ2) is 5.63. The van der Waals surface area contributed by atoms with Crippen LogP contribution in [0.3, 0.4) is 0 Å². The second-order valence-electron chi connectivity index (χ2n) is 5.42. The van der Waals surface area contributed by atoms with Crippen LogP contribution in [0.5, 0.6) is 0 Å². The molecule has 94 valence electrons. The van der Waals surface area contributed by atoms with Crippen molar-refractivity contribution in [1.82, 2.24) is 10.3 Å². The third-order valence-corrected chi connectivity index (χ3v) is 3.76. The predicted octanol–water partition coefficient (Wildman–Crippen LogP) is 3.48. The van der Waals surface area contributed by atoms with Crippen molar-refractivity contribution in [3.8, 4) is 0 Å². The molecule has 0 radical (unpaired) electrons. The van der Waals surface area contributed by atoms with Crippen LogP contribution in [0.25, 0.3) is 0 Å². The van der Waals surface area contributed by atoms with Gasteiger partial charge in [-0.25, -0.2) is 0 Å². The van der Waals surface area contributed by atoms with E-state index in [1.165, 1.54) is 30.4 Å². The topological polar surface area (TPSA) is 24.9 Å². The second-order valence-corrected chi connectivity index (χ2v) is 5.42. The predicted molar refractivity (Wildman–Crippen MR) is 71.9 cm³/mol. The normalized spacial score (nSPS) is 19.0. The molecule has 0 aliphatic heterocycles. The van der Waals surface area contributed by atoms with Gasteiger partial charge in [0.1, 0.15) is 0 Å². The highest BCUT2D eigenvalue weighted by molar-refractivity contribution is 5.21. The zero-order chi connectivity index (χ0) is 12.3. The van der Waals surface area contributed by atoms with Gasteiger partial charge in [0.15, 0.2) is 0 Å². The van der Waals surface area contributed by atoms with E-state index in [2.05, 4.69) is 37.1 Å². The first kappa shape index (κ1) is 12.6. The summed E-state index contributed by atoms with van der Waals surface area (Å²) in [4.78, 5) is 4.34. The quantitative estimate of drug-likeness (QED) is 0.812. The van der Waals surface area contributed by atoms with Gasteiger partial charge in [0.2, 0.25) is 0 Å². The van der Waals surface area contributed by atoms with Crippen LogP contribution in [0.15, 0.2) is 18.5 Å². The van der Waals surface area contributed by atoms with Crippen molar-refractivity contribution in [2.45, 2.75) is 46.1 Å². The lowest BCUT2D eigenvalue weighted by Crippen LogP contribution is -2.28. The molecule has 1 fully saturated rings. The molecule has 2 unspecified atom stereocenters. The lowest BCUT2D eigenvalue weighted by Gasteiger charge is -2.25. The van der Waals surface area contributed by atoms with Crippen LogP contribution in [-0.4, -0.2) is 11.5 Å². The molecule has 1 aromatic rings. The average molecular weight is 232 g/mol.